The number of aromatic amines is 1. The van der Waals surface area contributed by atoms with Gasteiger partial charge < -0.3 is 15.0 Å². The molecule has 2 heterocycles. The van der Waals surface area contributed by atoms with Crippen molar-refractivity contribution in [2.45, 2.75) is 13.0 Å². The van der Waals surface area contributed by atoms with E-state index in [1.54, 1.807) is 24.6 Å². The van der Waals surface area contributed by atoms with Crippen molar-refractivity contribution in [2.75, 3.05) is 12.4 Å². The summed E-state index contributed by atoms with van der Waals surface area (Å²) in [5.74, 6) is 0.555. The van der Waals surface area contributed by atoms with Crippen molar-refractivity contribution < 1.29 is 4.74 Å². The first-order valence-electron chi connectivity index (χ1n) is 6.65. The van der Waals surface area contributed by atoms with Crippen LogP contribution < -0.4 is 15.6 Å². The van der Waals surface area contributed by atoms with Crippen LogP contribution in [-0.2, 0) is 0 Å². The van der Waals surface area contributed by atoms with Gasteiger partial charge in [0.15, 0.2) is 5.13 Å². The molecule has 0 radical (unpaired) electrons. The third-order valence-corrected chi connectivity index (χ3v) is 4.32. The lowest BCUT2D eigenvalue weighted by molar-refractivity contribution is 0.401. The van der Waals surface area contributed by atoms with Crippen LogP contribution in [0.25, 0.3) is 10.9 Å². The van der Waals surface area contributed by atoms with Crippen LogP contribution in [0.5, 0.6) is 5.88 Å². The van der Waals surface area contributed by atoms with Crippen LogP contribution in [0, 0.1) is 0 Å². The lowest BCUT2D eigenvalue weighted by Crippen LogP contribution is -2.19. The predicted molar refractivity (Wildman–Crippen MR) is 90.3 cm³/mol. The minimum Gasteiger partial charge on any atom is -0.480 e. The molecule has 0 bridgehead atoms. The Balaban J connectivity index is 1.94. The fourth-order valence-corrected chi connectivity index (χ4v) is 3.13. The Bertz CT molecular complexity index is 875. The third-order valence-electron chi connectivity index (χ3n) is 3.33. The number of nitrogens with one attached hydrogen (secondary N) is 2. The number of halogens is 1. The SMILES string of the molecule is COc1csc(N[C@H](C)c2cc3cc(Cl)ccc3[nH]c2=O)n1. The highest BCUT2D eigenvalue weighted by atomic mass is 35.5. The van der Waals surface area contributed by atoms with Crippen molar-refractivity contribution in [1.82, 2.24) is 9.97 Å². The second-order valence-electron chi connectivity index (χ2n) is 4.85. The van der Waals surface area contributed by atoms with Gasteiger partial charge in [0.05, 0.1) is 18.5 Å². The summed E-state index contributed by atoms with van der Waals surface area (Å²) in [5.41, 5.74) is 1.27. The fraction of sp³-hybridized carbons (Fsp3) is 0.200. The number of fused-ring (bicyclic) bond motifs is 1. The number of anilines is 1. The summed E-state index contributed by atoms with van der Waals surface area (Å²) in [4.78, 5) is 19.4. The number of rotatable bonds is 4. The summed E-state index contributed by atoms with van der Waals surface area (Å²) in [6.07, 6.45) is 0. The zero-order valence-electron chi connectivity index (χ0n) is 12.0. The minimum atomic E-state index is -0.192. The van der Waals surface area contributed by atoms with Crippen molar-refractivity contribution in [3.63, 3.8) is 0 Å². The highest BCUT2D eigenvalue weighted by molar-refractivity contribution is 7.13. The maximum absolute atomic E-state index is 12.2. The molecule has 5 nitrogen and oxygen atoms in total. The zero-order chi connectivity index (χ0) is 15.7. The van der Waals surface area contributed by atoms with Gasteiger partial charge in [0, 0.05) is 21.5 Å². The van der Waals surface area contributed by atoms with E-state index in [9.17, 15) is 4.79 Å². The van der Waals surface area contributed by atoms with Gasteiger partial charge in [0.25, 0.3) is 5.56 Å². The lowest BCUT2D eigenvalue weighted by Gasteiger charge is -2.13. The number of aromatic nitrogens is 2. The van der Waals surface area contributed by atoms with Gasteiger partial charge in [-0.25, -0.2) is 0 Å². The average molecular weight is 336 g/mol. The van der Waals surface area contributed by atoms with E-state index in [2.05, 4.69) is 15.3 Å². The quantitative estimate of drug-likeness (QED) is 0.760. The Morgan fingerprint density at radius 3 is 2.95 bits per heavy atom. The van der Waals surface area contributed by atoms with Gasteiger partial charge in [-0.15, -0.1) is 11.3 Å². The molecule has 3 rings (SSSR count). The summed E-state index contributed by atoms with van der Waals surface area (Å²) in [7, 11) is 1.57. The Morgan fingerprint density at radius 2 is 2.23 bits per heavy atom. The van der Waals surface area contributed by atoms with Gasteiger partial charge in [-0.2, -0.15) is 4.98 Å². The van der Waals surface area contributed by atoms with Crippen molar-refractivity contribution in [3.8, 4) is 5.88 Å². The van der Waals surface area contributed by atoms with Crippen LogP contribution in [0.2, 0.25) is 5.02 Å². The number of benzene rings is 1. The summed E-state index contributed by atoms with van der Waals surface area (Å²) >= 11 is 7.44. The first-order valence-corrected chi connectivity index (χ1v) is 7.91. The van der Waals surface area contributed by atoms with E-state index < -0.39 is 0 Å². The molecule has 0 aliphatic rings. The van der Waals surface area contributed by atoms with Gasteiger partial charge in [0.1, 0.15) is 0 Å². The second kappa shape index (κ2) is 5.98. The number of thiazole rings is 1. The van der Waals surface area contributed by atoms with Crippen LogP contribution in [-0.4, -0.2) is 17.1 Å². The monoisotopic (exact) mass is 335 g/mol. The van der Waals surface area contributed by atoms with E-state index in [1.807, 2.05) is 19.1 Å². The Kier molecular flexibility index (Phi) is 4.04. The molecule has 0 aliphatic heterocycles. The van der Waals surface area contributed by atoms with Crippen molar-refractivity contribution in [2.24, 2.45) is 0 Å². The highest BCUT2D eigenvalue weighted by Gasteiger charge is 2.13. The number of H-pyrrole nitrogens is 1. The number of pyridine rings is 1. The standard InChI is InChI=1S/C15H14ClN3O2S/c1-8(17-15-19-13(21-2)7-22-15)11-6-9-5-10(16)3-4-12(9)18-14(11)20/h3-8H,1-2H3,(H,17,19)(H,18,20)/t8-/m1/s1. The predicted octanol–water partition coefficient (Wildman–Crippen LogP) is 3.82. The number of hydrogen-bond donors (Lipinski definition) is 2. The molecule has 22 heavy (non-hydrogen) atoms. The van der Waals surface area contributed by atoms with Gasteiger partial charge >= 0.3 is 0 Å². The van der Waals surface area contributed by atoms with E-state index in [0.29, 0.717) is 21.6 Å². The molecule has 2 N–H and O–H groups in total. The minimum absolute atomic E-state index is 0.127. The molecule has 2 aromatic heterocycles. The van der Waals surface area contributed by atoms with Crippen LogP contribution >= 0.6 is 22.9 Å². The maximum Gasteiger partial charge on any atom is 0.253 e. The topological polar surface area (TPSA) is 67.0 Å². The summed E-state index contributed by atoms with van der Waals surface area (Å²) in [6.45, 7) is 1.91. The summed E-state index contributed by atoms with van der Waals surface area (Å²) in [5, 5.41) is 7.25. The molecule has 0 saturated carbocycles. The van der Waals surface area contributed by atoms with Crippen molar-refractivity contribution >= 4 is 39.0 Å². The van der Waals surface area contributed by atoms with E-state index >= 15 is 0 Å². The molecule has 1 atom stereocenters. The van der Waals surface area contributed by atoms with Gasteiger partial charge in [0.2, 0.25) is 5.88 Å². The molecule has 0 spiro atoms. The summed E-state index contributed by atoms with van der Waals surface area (Å²) in [6, 6.07) is 7.04. The molecule has 0 fully saturated rings. The Hall–Kier alpha value is -2.05. The van der Waals surface area contributed by atoms with Crippen LogP contribution in [0.1, 0.15) is 18.5 Å². The molecule has 7 heteroatoms. The van der Waals surface area contributed by atoms with Crippen LogP contribution in [0.3, 0.4) is 0 Å². The van der Waals surface area contributed by atoms with Gasteiger partial charge in [-0.05, 0) is 31.2 Å². The van der Waals surface area contributed by atoms with Gasteiger partial charge in [-0.1, -0.05) is 11.6 Å². The highest BCUT2D eigenvalue weighted by Crippen LogP contribution is 2.25. The van der Waals surface area contributed by atoms with E-state index in [-0.39, 0.29) is 11.6 Å². The maximum atomic E-state index is 12.2. The largest absolute Gasteiger partial charge is 0.480 e. The Morgan fingerprint density at radius 1 is 1.41 bits per heavy atom. The number of hydrogen-bond acceptors (Lipinski definition) is 5. The molecule has 3 aromatic rings. The van der Waals surface area contributed by atoms with Crippen LogP contribution in [0.15, 0.2) is 34.4 Å². The summed E-state index contributed by atoms with van der Waals surface area (Å²) < 4.78 is 5.05. The van der Waals surface area contributed by atoms with E-state index in [0.717, 1.165) is 10.9 Å². The molecule has 1 aromatic carbocycles. The molecular formula is C15H14ClN3O2S. The number of methoxy groups -OCH3 is 1. The lowest BCUT2D eigenvalue weighted by atomic mass is 10.1. The van der Waals surface area contributed by atoms with E-state index in [4.69, 9.17) is 16.3 Å². The fourth-order valence-electron chi connectivity index (χ4n) is 2.20. The normalized spacial score (nSPS) is 12.3. The number of ether oxygens (including phenoxy) is 1. The molecule has 0 unspecified atom stereocenters. The second-order valence-corrected chi connectivity index (χ2v) is 6.14. The van der Waals surface area contributed by atoms with Crippen molar-refractivity contribution in [1.29, 1.82) is 0 Å². The van der Waals surface area contributed by atoms with E-state index in [1.165, 1.54) is 11.3 Å². The molecule has 0 amide bonds. The zero-order valence-corrected chi connectivity index (χ0v) is 13.6. The number of nitrogens with zero attached hydrogens (tertiary/aromatic N) is 1. The van der Waals surface area contributed by atoms with Crippen molar-refractivity contribution in [3.05, 3.63) is 50.6 Å². The first kappa shape index (κ1) is 14.9. The molecule has 0 saturated heterocycles. The van der Waals surface area contributed by atoms with Gasteiger partial charge in [-0.3, -0.25) is 4.79 Å². The molecular weight excluding hydrogens is 322 g/mol. The Labute approximate surface area is 135 Å². The average Bonchev–Trinajstić information content (AvgIpc) is 2.94. The molecule has 114 valence electrons. The molecule has 0 aliphatic carbocycles. The van der Waals surface area contributed by atoms with Crippen LogP contribution in [0.4, 0.5) is 5.13 Å². The first-order chi connectivity index (χ1) is 10.6. The third kappa shape index (κ3) is 2.93. The smallest absolute Gasteiger partial charge is 0.253 e.